The van der Waals surface area contributed by atoms with Crippen LogP contribution in [-0.4, -0.2) is 42.9 Å². The van der Waals surface area contributed by atoms with Crippen molar-refractivity contribution in [2.45, 2.75) is 26.2 Å². The van der Waals surface area contributed by atoms with Crippen LogP contribution < -0.4 is 5.32 Å². The van der Waals surface area contributed by atoms with Gasteiger partial charge in [-0.2, -0.15) is 0 Å². The number of hydrogen-bond donors (Lipinski definition) is 1. The van der Waals surface area contributed by atoms with Gasteiger partial charge < -0.3 is 15.0 Å². The molecule has 1 N–H and O–H groups in total. The fourth-order valence-electron chi connectivity index (χ4n) is 3.47. The molecule has 6 nitrogen and oxygen atoms in total. The molecule has 0 spiro atoms. The normalized spacial score (nSPS) is 24.7. The summed E-state index contributed by atoms with van der Waals surface area (Å²) < 4.78 is 4.68. The number of rotatable bonds is 4. The van der Waals surface area contributed by atoms with Gasteiger partial charge >= 0.3 is 5.97 Å². The molecule has 1 aliphatic carbocycles. The number of carbonyl (C=O) groups is 3. The third-order valence-electron chi connectivity index (χ3n) is 5.06. The van der Waals surface area contributed by atoms with E-state index in [0.29, 0.717) is 28.6 Å². The number of ether oxygens (including phenoxy) is 1. The van der Waals surface area contributed by atoms with Gasteiger partial charge in [-0.3, -0.25) is 9.59 Å². The molecule has 0 aromatic heterocycles. The maximum Gasteiger partial charge on any atom is 0.337 e. The van der Waals surface area contributed by atoms with Crippen LogP contribution in [0.3, 0.4) is 0 Å². The van der Waals surface area contributed by atoms with Gasteiger partial charge in [-0.25, -0.2) is 4.79 Å². The van der Waals surface area contributed by atoms with Crippen LogP contribution in [0.5, 0.6) is 0 Å². The number of carbonyl (C=O) groups excluding carboxylic acids is 3. The predicted molar refractivity (Wildman–Crippen MR) is 98.0 cm³/mol. The molecule has 140 valence electrons. The Hall–Kier alpha value is -2.08. The second kappa shape index (κ2) is 7.66. The summed E-state index contributed by atoms with van der Waals surface area (Å²) in [5, 5.41) is 3.07. The summed E-state index contributed by atoms with van der Waals surface area (Å²) in [6, 6.07) is 4.55. The molecular formula is C19H23ClN2O4. The molecule has 3 atom stereocenters. The van der Waals surface area contributed by atoms with Gasteiger partial charge in [0.25, 0.3) is 0 Å². The maximum atomic E-state index is 12.6. The van der Waals surface area contributed by atoms with E-state index in [-0.39, 0.29) is 23.7 Å². The van der Waals surface area contributed by atoms with Crippen molar-refractivity contribution >= 4 is 35.1 Å². The van der Waals surface area contributed by atoms with Crippen LogP contribution in [0, 0.1) is 17.8 Å². The van der Waals surface area contributed by atoms with Gasteiger partial charge in [-0.15, -0.1) is 0 Å². The van der Waals surface area contributed by atoms with E-state index in [9.17, 15) is 14.4 Å². The number of benzene rings is 1. The minimum Gasteiger partial charge on any atom is -0.465 e. The Morgan fingerprint density at radius 2 is 2.04 bits per heavy atom. The van der Waals surface area contributed by atoms with E-state index in [1.54, 1.807) is 0 Å². The Morgan fingerprint density at radius 3 is 2.73 bits per heavy atom. The molecule has 2 aliphatic rings. The zero-order valence-electron chi connectivity index (χ0n) is 15.0. The molecule has 1 saturated heterocycles. The number of nitrogens with one attached hydrogen (secondary N) is 1. The largest absolute Gasteiger partial charge is 0.465 e. The predicted octanol–water partition coefficient (Wildman–Crippen LogP) is 2.96. The number of methoxy groups -OCH3 is 1. The molecule has 1 saturated carbocycles. The Bertz CT molecular complexity index is 736. The van der Waals surface area contributed by atoms with Crippen LogP contribution in [0.1, 0.15) is 36.5 Å². The minimum absolute atomic E-state index is 0.0751. The van der Waals surface area contributed by atoms with E-state index in [0.717, 1.165) is 25.9 Å². The average Bonchev–Trinajstić information content (AvgIpc) is 3.43. The summed E-state index contributed by atoms with van der Waals surface area (Å²) >= 11 is 6.11. The van der Waals surface area contributed by atoms with Crippen LogP contribution in [0.4, 0.5) is 5.69 Å². The van der Waals surface area contributed by atoms with E-state index < -0.39 is 5.97 Å². The summed E-state index contributed by atoms with van der Waals surface area (Å²) in [5.74, 6) is -0.738. The lowest BCUT2D eigenvalue weighted by atomic mass is 10.00. The molecule has 7 heteroatoms. The lowest BCUT2D eigenvalue weighted by molar-refractivity contribution is -0.135. The zero-order valence-corrected chi connectivity index (χ0v) is 15.7. The van der Waals surface area contributed by atoms with Gasteiger partial charge in [0.1, 0.15) is 0 Å². The Kier molecular flexibility index (Phi) is 5.51. The van der Waals surface area contributed by atoms with Crippen LogP contribution in [0.25, 0.3) is 0 Å². The second-order valence-electron chi connectivity index (χ2n) is 7.16. The standard InChI is InChI=1S/C19H23ClN2O4/c1-11-4-3-7-22(10-11)18(24)14-9-13(14)17(23)21-16-8-12(19(25)26-2)5-6-15(16)20/h5-6,8,11,13-14H,3-4,7,9-10H2,1-2H3,(H,21,23). The molecule has 26 heavy (non-hydrogen) atoms. The molecule has 3 rings (SSSR count). The molecular weight excluding hydrogens is 356 g/mol. The number of esters is 1. The molecule has 3 unspecified atom stereocenters. The van der Waals surface area contributed by atoms with E-state index in [2.05, 4.69) is 17.0 Å². The average molecular weight is 379 g/mol. The van der Waals surface area contributed by atoms with Crippen molar-refractivity contribution in [3.05, 3.63) is 28.8 Å². The first-order chi connectivity index (χ1) is 12.4. The van der Waals surface area contributed by atoms with Crippen molar-refractivity contribution < 1.29 is 19.1 Å². The molecule has 1 aromatic carbocycles. The number of likely N-dealkylation sites (tertiary alicyclic amines) is 1. The molecule has 0 radical (unpaired) electrons. The smallest absolute Gasteiger partial charge is 0.337 e. The quantitative estimate of drug-likeness (QED) is 0.817. The first kappa shape index (κ1) is 18.7. The Morgan fingerprint density at radius 1 is 1.27 bits per heavy atom. The molecule has 1 heterocycles. The van der Waals surface area contributed by atoms with Gasteiger partial charge in [0.15, 0.2) is 0 Å². The van der Waals surface area contributed by atoms with Gasteiger partial charge in [0.2, 0.25) is 11.8 Å². The molecule has 0 bridgehead atoms. The third kappa shape index (κ3) is 4.01. The fourth-order valence-corrected chi connectivity index (χ4v) is 3.64. The van der Waals surface area contributed by atoms with Crippen molar-refractivity contribution in [2.75, 3.05) is 25.5 Å². The van der Waals surface area contributed by atoms with Crippen molar-refractivity contribution in [1.29, 1.82) is 0 Å². The highest BCUT2D eigenvalue weighted by molar-refractivity contribution is 6.34. The van der Waals surface area contributed by atoms with Gasteiger partial charge in [-0.05, 0) is 43.4 Å². The molecule has 2 fully saturated rings. The summed E-state index contributed by atoms with van der Waals surface area (Å²) in [5.41, 5.74) is 0.655. The van der Waals surface area contributed by atoms with Crippen LogP contribution >= 0.6 is 11.6 Å². The van der Waals surface area contributed by atoms with Crippen LogP contribution in [0.2, 0.25) is 5.02 Å². The highest BCUT2D eigenvalue weighted by Crippen LogP contribution is 2.42. The summed E-state index contributed by atoms with van der Waals surface area (Å²) in [4.78, 5) is 38.6. The number of halogens is 1. The van der Waals surface area contributed by atoms with E-state index in [4.69, 9.17) is 11.6 Å². The summed E-state index contributed by atoms with van der Waals surface area (Å²) in [7, 11) is 1.29. The van der Waals surface area contributed by atoms with Crippen molar-refractivity contribution in [3.8, 4) is 0 Å². The van der Waals surface area contributed by atoms with Crippen molar-refractivity contribution in [1.82, 2.24) is 4.90 Å². The van der Waals surface area contributed by atoms with Crippen LogP contribution in [0.15, 0.2) is 18.2 Å². The van der Waals surface area contributed by atoms with Gasteiger partial charge in [0.05, 0.1) is 35.2 Å². The van der Waals surface area contributed by atoms with E-state index in [1.165, 1.54) is 25.3 Å². The maximum absolute atomic E-state index is 12.6. The van der Waals surface area contributed by atoms with Crippen LogP contribution in [-0.2, 0) is 14.3 Å². The van der Waals surface area contributed by atoms with Crippen molar-refractivity contribution in [2.24, 2.45) is 17.8 Å². The number of hydrogen-bond acceptors (Lipinski definition) is 4. The van der Waals surface area contributed by atoms with E-state index >= 15 is 0 Å². The highest BCUT2D eigenvalue weighted by Gasteiger charge is 2.49. The number of piperidine rings is 1. The minimum atomic E-state index is -0.504. The van der Waals surface area contributed by atoms with E-state index in [1.807, 2.05) is 4.90 Å². The molecule has 2 amide bonds. The summed E-state index contributed by atoms with van der Waals surface area (Å²) in [6.07, 6.45) is 2.73. The van der Waals surface area contributed by atoms with Gasteiger partial charge in [0, 0.05) is 13.1 Å². The first-order valence-electron chi connectivity index (χ1n) is 8.88. The number of anilines is 1. The molecule has 1 aliphatic heterocycles. The fraction of sp³-hybridized carbons (Fsp3) is 0.526. The third-order valence-corrected chi connectivity index (χ3v) is 5.39. The highest BCUT2D eigenvalue weighted by atomic mass is 35.5. The Balaban J connectivity index is 1.61. The van der Waals surface area contributed by atoms with Crippen molar-refractivity contribution in [3.63, 3.8) is 0 Å². The Labute approximate surface area is 157 Å². The first-order valence-corrected chi connectivity index (χ1v) is 9.26. The molecule has 1 aromatic rings. The lowest BCUT2D eigenvalue weighted by Gasteiger charge is -2.31. The number of amides is 2. The number of nitrogens with zero attached hydrogens (tertiary/aromatic N) is 1. The SMILES string of the molecule is COC(=O)c1ccc(Cl)c(NC(=O)C2CC2C(=O)N2CCCC(C)C2)c1. The topological polar surface area (TPSA) is 75.7 Å². The monoisotopic (exact) mass is 378 g/mol. The lowest BCUT2D eigenvalue weighted by Crippen LogP contribution is -2.40. The van der Waals surface area contributed by atoms with Gasteiger partial charge in [-0.1, -0.05) is 18.5 Å². The zero-order chi connectivity index (χ0) is 18.8. The second-order valence-corrected chi connectivity index (χ2v) is 7.56. The summed E-state index contributed by atoms with van der Waals surface area (Å²) in [6.45, 7) is 3.70.